The Labute approximate surface area is 101 Å². The highest BCUT2D eigenvalue weighted by Gasteiger charge is 2.31. The van der Waals surface area contributed by atoms with Gasteiger partial charge in [-0.1, -0.05) is 6.92 Å². The lowest BCUT2D eigenvalue weighted by Gasteiger charge is -2.11. The first-order valence-corrected chi connectivity index (χ1v) is 6.37. The third kappa shape index (κ3) is 2.52. The molecule has 1 aromatic heterocycles. The van der Waals surface area contributed by atoms with E-state index in [0.29, 0.717) is 17.3 Å². The summed E-state index contributed by atoms with van der Waals surface area (Å²) in [6.07, 6.45) is 2.65. The first kappa shape index (κ1) is 11.8. The van der Waals surface area contributed by atoms with E-state index in [9.17, 15) is 0 Å². The van der Waals surface area contributed by atoms with Crippen LogP contribution in [0.25, 0.3) is 0 Å². The van der Waals surface area contributed by atoms with Crippen molar-refractivity contribution in [1.82, 2.24) is 14.8 Å². The van der Waals surface area contributed by atoms with Gasteiger partial charge in [-0.2, -0.15) is 5.10 Å². The van der Waals surface area contributed by atoms with Crippen LogP contribution in [0.15, 0.2) is 0 Å². The molecule has 4 nitrogen and oxygen atoms in total. The molecular weight excluding hydrogens is 222 g/mol. The van der Waals surface area contributed by atoms with Gasteiger partial charge >= 0.3 is 0 Å². The van der Waals surface area contributed by atoms with Crippen LogP contribution < -0.4 is 0 Å². The van der Waals surface area contributed by atoms with Gasteiger partial charge in [0.25, 0.3) is 0 Å². The van der Waals surface area contributed by atoms with E-state index in [2.05, 4.69) is 21.7 Å². The Morgan fingerprint density at radius 1 is 1.62 bits per heavy atom. The van der Waals surface area contributed by atoms with E-state index in [1.807, 2.05) is 6.92 Å². The third-order valence-electron chi connectivity index (χ3n) is 3.19. The van der Waals surface area contributed by atoms with Crippen molar-refractivity contribution < 1.29 is 4.74 Å². The number of nitrogens with one attached hydrogen (secondary N) is 1. The van der Waals surface area contributed by atoms with Crippen LogP contribution >= 0.6 is 12.2 Å². The highest BCUT2D eigenvalue weighted by Crippen LogP contribution is 2.41. The lowest BCUT2D eigenvalue weighted by Crippen LogP contribution is -2.12. The molecule has 0 aromatic carbocycles. The van der Waals surface area contributed by atoms with Crippen molar-refractivity contribution in [3.05, 3.63) is 10.6 Å². The maximum atomic E-state index is 5.36. The van der Waals surface area contributed by atoms with Gasteiger partial charge in [0.15, 0.2) is 4.77 Å². The molecule has 1 aliphatic carbocycles. The number of hydrogen-bond donors (Lipinski definition) is 1. The molecule has 1 aromatic rings. The molecule has 0 spiro atoms. The minimum absolute atomic E-state index is 0.509. The van der Waals surface area contributed by atoms with Crippen LogP contribution in [-0.4, -0.2) is 28.0 Å². The van der Waals surface area contributed by atoms with Gasteiger partial charge in [-0.15, -0.1) is 0 Å². The summed E-state index contributed by atoms with van der Waals surface area (Å²) in [5, 5.41) is 7.23. The van der Waals surface area contributed by atoms with Crippen molar-refractivity contribution in [2.45, 2.75) is 39.2 Å². The summed E-state index contributed by atoms with van der Waals surface area (Å²) in [7, 11) is 0. The highest BCUT2D eigenvalue weighted by atomic mass is 32.1. The van der Waals surface area contributed by atoms with E-state index in [1.54, 1.807) is 0 Å². The molecule has 2 rings (SSSR count). The second-order valence-corrected chi connectivity index (χ2v) is 4.75. The Balaban J connectivity index is 2.08. The summed E-state index contributed by atoms with van der Waals surface area (Å²) in [6, 6.07) is 0. The zero-order valence-electron chi connectivity index (χ0n) is 9.90. The minimum Gasteiger partial charge on any atom is -0.380 e. The van der Waals surface area contributed by atoms with Crippen molar-refractivity contribution >= 4 is 12.2 Å². The predicted octanol–water partition coefficient (Wildman–Crippen LogP) is 2.49. The summed E-state index contributed by atoms with van der Waals surface area (Å²) >= 11 is 5.24. The van der Waals surface area contributed by atoms with Gasteiger partial charge in [0.2, 0.25) is 0 Å². The average molecular weight is 241 g/mol. The predicted molar refractivity (Wildman–Crippen MR) is 65.0 cm³/mol. The Hall–Kier alpha value is -0.680. The lowest BCUT2D eigenvalue weighted by atomic mass is 10.1. The van der Waals surface area contributed by atoms with Crippen molar-refractivity contribution in [1.29, 1.82) is 0 Å². The Morgan fingerprint density at radius 3 is 3.00 bits per heavy atom. The molecule has 0 bridgehead atoms. The molecule has 0 radical (unpaired) electrons. The molecule has 0 saturated heterocycles. The summed E-state index contributed by atoms with van der Waals surface area (Å²) < 4.78 is 8.15. The van der Waals surface area contributed by atoms with Crippen LogP contribution in [0.1, 0.15) is 38.4 Å². The van der Waals surface area contributed by atoms with E-state index < -0.39 is 0 Å². The van der Waals surface area contributed by atoms with Crippen LogP contribution in [0, 0.1) is 10.7 Å². The van der Waals surface area contributed by atoms with E-state index in [1.165, 1.54) is 12.8 Å². The Kier molecular flexibility index (Phi) is 3.76. The average Bonchev–Trinajstić information content (AvgIpc) is 3.05. The van der Waals surface area contributed by atoms with E-state index in [4.69, 9.17) is 17.0 Å². The van der Waals surface area contributed by atoms with Crippen LogP contribution in [0.4, 0.5) is 0 Å². The number of nitrogens with zero attached hydrogens (tertiary/aromatic N) is 2. The molecule has 0 amide bonds. The Morgan fingerprint density at radius 2 is 2.38 bits per heavy atom. The molecule has 5 heteroatoms. The molecule has 1 heterocycles. The normalized spacial score (nSPS) is 17.6. The van der Waals surface area contributed by atoms with Gasteiger partial charge < -0.3 is 9.30 Å². The van der Waals surface area contributed by atoms with Crippen molar-refractivity contribution in [2.75, 3.05) is 13.2 Å². The third-order valence-corrected chi connectivity index (χ3v) is 3.50. The monoisotopic (exact) mass is 241 g/mol. The van der Waals surface area contributed by atoms with Crippen molar-refractivity contribution in [3.8, 4) is 0 Å². The maximum Gasteiger partial charge on any atom is 0.195 e. The zero-order valence-corrected chi connectivity index (χ0v) is 10.7. The fourth-order valence-corrected chi connectivity index (χ4v) is 2.23. The van der Waals surface area contributed by atoms with E-state index >= 15 is 0 Å². The number of rotatable bonds is 6. The summed E-state index contributed by atoms with van der Waals surface area (Å²) in [6.45, 7) is 6.49. The van der Waals surface area contributed by atoms with Gasteiger partial charge in [-0.05, 0) is 37.9 Å². The standard InChI is InChI=1S/C11H19N3OS/c1-3-15-7-6-14-10(12-13-11(14)16)8(2)9-4-5-9/h8-9H,3-7H2,1-2H3,(H,13,16). The second-order valence-electron chi connectivity index (χ2n) is 4.36. The molecule has 1 saturated carbocycles. The molecule has 1 atom stereocenters. The quantitative estimate of drug-likeness (QED) is 0.614. The van der Waals surface area contributed by atoms with E-state index in [-0.39, 0.29) is 0 Å². The molecule has 90 valence electrons. The zero-order chi connectivity index (χ0) is 11.5. The second kappa shape index (κ2) is 5.10. The summed E-state index contributed by atoms with van der Waals surface area (Å²) in [5.41, 5.74) is 0. The van der Waals surface area contributed by atoms with Crippen LogP contribution in [0.5, 0.6) is 0 Å². The van der Waals surface area contributed by atoms with Crippen molar-refractivity contribution in [2.24, 2.45) is 5.92 Å². The molecular formula is C11H19N3OS. The van der Waals surface area contributed by atoms with Gasteiger partial charge in [-0.25, -0.2) is 0 Å². The number of H-pyrrole nitrogens is 1. The van der Waals surface area contributed by atoms with Crippen LogP contribution in [-0.2, 0) is 11.3 Å². The van der Waals surface area contributed by atoms with Gasteiger partial charge in [0.1, 0.15) is 5.82 Å². The fraction of sp³-hybridized carbons (Fsp3) is 0.818. The molecule has 1 aliphatic rings. The smallest absolute Gasteiger partial charge is 0.195 e. The van der Waals surface area contributed by atoms with E-state index in [0.717, 1.165) is 24.9 Å². The topological polar surface area (TPSA) is 42.8 Å². The molecule has 1 fully saturated rings. The van der Waals surface area contributed by atoms with Crippen molar-refractivity contribution in [3.63, 3.8) is 0 Å². The minimum atomic E-state index is 0.509. The van der Waals surface area contributed by atoms with Gasteiger partial charge in [-0.3, -0.25) is 5.10 Å². The molecule has 1 N–H and O–H groups in total. The first-order valence-electron chi connectivity index (χ1n) is 5.97. The number of ether oxygens (including phenoxy) is 1. The molecule has 0 aliphatic heterocycles. The summed E-state index contributed by atoms with van der Waals surface area (Å²) in [4.78, 5) is 0. The van der Waals surface area contributed by atoms with Crippen LogP contribution in [0.2, 0.25) is 0 Å². The molecule has 1 unspecified atom stereocenters. The first-order chi connectivity index (χ1) is 7.74. The molecule has 16 heavy (non-hydrogen) atoms. The number of aromatic nitrogens is 3. The largest absolute Gasteiger partial charge is 0.380 e. The van der Waals surface area contributed by atoms with Crippen LogP contribution in [0.3, 0.4) is 0 Å². The van der Waals surface area contributed by atoms with Gasteiger partial charge in [0.05, 0.1) is 13.2 Å². The summed E-state index contributed by atoms with van der Waals surface area (Å²) in [5.74, 6) is 2.40. The number of hydrogen-bond acceptors (Lipinski definition) is 3. The van der Waals surface area contributed by atoms with Gasteiger partial charge in [0, 0.05) is 12.5 Å². The highest BCUT2D eigenvalue weighted by molar-refractivity contribution is 7.71. The lowest BCUT2D eigenvalue weighted by molar-refractivity contribution is 0.137. The maximum absolute atomic E-state index is 5.36. The SMILES string of the molecule is CCOCCn1c(C(C)C2CC2)n[nH]c1=S. The fourth-order valence-electron chi connectivity index (χ4n) is 2.00. The number of aromatic amines is 1. The Bertz CT molecular complexity index is 394.